The van der Waals surface area contributed by atoms with Gasteiger partial charge in [-0.15, -0.1) is 0 Å². The third kappa shape index (κ3) is 36.5. The zero-order valence-electron chi connectivity index (χ0n) is 9.17. The molecule has 0 aliphatic heterocycles. The van der Waals surface area contributed by atoms with E-state index in [2.05, 4.69) is 5.68 Å². The van der Waals surface area contributed by atoms with Crippen molar-refractivity contribution in [1.82, 2.24) is 6.15 Å². The molecular weight excluding hydrogens is 469 g/mol. The third-order valence-corrected chi connectivity index (χ3v) is 5.80. The molecule has 0 aromatic rings. The third-order valence-electron chi connectivity index (χ3n) is 0.341. The molecule has 0 amide bonds. The summed E-state index contributed by atoms with van der Waals surface area (Å²) >= 11 is -23.3. The van der Waals surface area contributed by atoms with E-state index in [-0.39, 0.29) is 35.7 Å². The van der Waals surface area contributed by atoms with Crippen molar-refractivity contribution >= 4 is 0 Å². The van der Waals surface area contributed by atoms with E-state index in [0.717, 1.165) is 0 Å². The molecule has 0 aromatic carbocycles. The van der Waals surface area contributed by atoms with Crippen LogP contribution in [-0.2, 0) is 90.6 Å². The first-order valence-electron chi connectivity index (χ1n) is 2.71. The predicted octanol–water partition coefficient (Wildman–Crippen LogP) is -6.79. The van der Waals surface area contributed by atoms with Crippen molar-refractivity contribution in [1.29, 1.82) is 0 Å². The average molecular weight is 475 g/mol. The Morgan fingerprint density at radius 3 is 0.850 bits per heavy atom. The molecule has 6 N–H and O–H groups in total. The standard InChI is InChI=1S/4Cr.H3N.Na.3H2O.11O/h;;;;1H3;;3*1H2;;;;;;;;;;;/q;3*+1;;+1;;;;;;;;;;;;;;-1/p-3. The van der Waals surface area contributed by atoms with Crippen LogP contribution in [0.4, 0.5) is 0 Å². The Morgan fingerprint density at radius 2 is 0.850 bits per heavy atom. The molecule has 15 nitrogen and oxygen atoms in total. The fraction of sp³-hybridized carbons (Fsp3) is 0. The van der Waals surface area contributed by atoms with Crippen LogP contribution in [0.25, 0.3) is 0 Å². The van der Waals surface area contributed by atoms with Crippen molar-refractivity contribution in [3.63, 3.8) is 0 Å². The topological polar surface area (TPSA) is 274 Å². The first-order chi connectivity index (χ1) is 7.41. The Balaban J connectivity index is -0.000000116. The van der Waals surface area contributed by atoms with Crippen LogP contribution in [0, 0.1) is 0 Å². The van der Waals surface area contributed by atoms with E-state index in [4.69, 9.17) is 12.5 Å². The normalized spacial score (nSPS) is 12.2. The zero-order valence-corrected chi connectivity index (χ0v) is 16.3. The molecule has 0 radical (unpaired) electrons. The van der Waals surface area contributed by atoms with Crippen LogP contribution in [0.3, 0.4) is 0 Å². The van der Waals surface area contributed by atoms with Gasteiger partial charge in [0.2, 0.25) is 0 Å². The van der Waals surface area contributed by atoms with Gasteiger partial charge in [-0.2, -0.15) is 0 Å². The van der Waals surface area contributed by atoms with Crippen molar-refractivity contribution in [3.05, 3.63) is 0 Å². The van der Waals surface area contributed by atoms with Gasteiger partial charge in [-0.3, -0.25) is 0 Å². The Kier molecular flexibility index (Phi) is 14.8. The minimum atomic E-state index is -6.01. The van der Waals surface area contributed by atoms with Gasteiger partial charge in [-0.25, -0.2) is 0 Å². The van der Waals surface area contributed by atoms with Gasteiger partial charge in [0.25, 0.3) is 0 Å². The van der Waals surface area contributed by atoms with Crippen LogP contribution in [-0.4, -0.2) is 12.5 Å². The van der Waals surface area contributed by atoms with Gasteiger partial charge < -0.3 is 6.15 Å². The van der Waals surface area contributed by atoms with Crippen LogP contribution in [0.2, 0.25) is 0 Å². The molecular formula is H6Cr4NNaO14. The molecule has 0 fully saturated rings. The predicted molar refractivity (Wildman–Crippen MR) is 19.3 cm³/mol. The van der Waals surface area contributed by atoms with E-state index < -0.39 is 54.5 Å². The zero-order chi connectivity index (χ0) is 15.4. The summed E-state index contributed by atoms with van der Waals surface area (Å²) in [6, 6.07) is 0. The van der Waals surface area contributed by atoms with E-state index in [1.165, 1.54) is 0 Å². The molecule has 0 saturated heterocycles. The first kappa shape index (κ1) is 29.3. The quantitative estimate of drug-likeness (QED) is 0.275. The average Bonchev–Trinajstić information content (AvgIpc) is 1.64. The van der Waals surface area contributed by atoms with Crippen LogP contribution in [0.15, 0.2) is 0 Å². The summed E-state index contributed by atoms with van der Waals surface area (Å²) in [6.45, 7) is 0. The monoisotopic (exact) mass is 475 g/mol. The van der Waals surface area contributed by atoms with Crippen LogP contribution in [0.1, 0.15) is 0 Å². The summed E-state index contributed by atoms with van der Waals surface area (Å²) in [6.07, 6.45) is 0. The fourth-order valence-corrected chi connectivity index (χ4v) is 3.64. The molecule has 20 heavy (non-hydrogen) atoms. The van der Waals surface area contributed by atoms with Gasteiger partial charge >= 0.3 is 137 Å². The maximum absolute atomic E-state index is 9.53. The number of hydrogen-bond acceptors (Lipinski definition) is 12. The molecule has 0 heterocycles. The van der Waals surface area contributed by atoms with E-state index in [0.29, 0.717) is 0 Å². The molecule has 0 saturated carbocycles. The van der Waals surface area contributed by atoms with Crippen LogP contribution >= 0.6 is 0 Å². The van der Waals surface area contributed by atoms with Gasteiger partial charge in [0.1, 0.15) is 0 Å². The summed E-state index contributed by atoms with van der Waals surface area (Å²) < 4.78 is 114. The van der Waals surface area contributed by atoms with Crippen molar-refractivity contribution in [2.75, 3.05) is 0 Å². The molecule has 0 aliphatic carbocycles. The van der Waals surface area contributed by atoms with Gasteiger partial charge in [-0.05, 0) is 0 Å². The molecule has 0 aliphatic rings. The van der Waals surface area contributed by atoms with Gasteiger partial charge in [0.05, 0.1) is 0 Å². The summed E-state index contributed by atoms with van der Waals surface area (Å²) in [4.78, 5) is 0. The van der Waals surface area contributed by atoms with E-state index in [9.17, 15) is 34.6 Å². The molecule has 120 valence electrons. The van der Waals surface area contributed by atoms with E-state index in [1.54, 1.807) is 0 Å². The second-order valence-electron chi connectivity index (χ2n) is 1.83. The van der Waals surface area contributed by atoms with E-state index in [1.807, 2.05) is 0 Å². The number of hydrogen-bond donors (Lipinski definition) is 4. The second kappa shape index (κ2) is 10.1. The summed E-state index contributed by atoms with van der Waals surface area (Å²) in [5, 5.41) is 0. The Bertz CT molecular complexity index is 537. The second-order valence-corrected chi connectivity index (χ2v) is 9.29. The van der Waals surface area contributed by atoms with Gasteiger partial charge in [0, 0.05) is 0 Å². The van der Waals surface area contributed by atoms with Crippen molar-refractivity contribution < 1.29 is 137 Å². The molecule has 0 atom stereocenters. The maximum atomic E-state index is 9.53. The summed E-state index contributed by atoms with van der Waals surface area (Å²) in [5.74, 6) is 0. The van der Waals surface area contributed by atoms with Crippen LogP contribution in [0.5, 0.6) is 0 Å². The van der Waals surface area contributed by atoms with Crippen molar-refractivity contribution in [2.24, 2.45) is 0 Å². The first-order valence-corrected chi connectivity index (χ1v) is 11.2. The van der Waals surface area contributed by atoms with Gasteiger partial charge in [0.15, 0.2) is 0 Å². The Hall–Kier alpha value is 1.25. The summed E-state index contributed by atoms with van der Waals surface area (Å²) in [5.41, 5.74) is 0. The molecule has 20 heteroatoms. The fourth-order valence-electron chi connectivity index (χ4n) is 0.214. The Morgan fingerprint density at radius 1 is 0.650 bits per heavy atom. The molecule has 0 rings (SSSR count). The summed E-state index contributed by atoms with van der Waals surface area (Å²) in [7, 11) is 0. The van der Waals surface area contributed by atoms with Gasteiger partial charge in [-0.1, -0.05) is 0 Å². The molecule has 0 spiro atoms. The minimum absolute atomic E-state index is 0. The molecule has 0 bridgehead atoms. The molecule has 0 unspecified atom stereocenters. The Labute approximate surface area is 141 Å². The number of rotatable bonds is 4. The van der Waals surface area contributed by atoms with E-state index >= 15 is 0 Å². The SMILES string of the molecule is N.[Na+].[O]=[Cr](=[O])([O-])[O][Cr](=[O])(=[O])[OH].[O]=[Cr](=[O])([OH])[O][Cr](=[O])(=[O])[OH]. The van der Waals surface area contributed by atoms with Crippen LogP contribution < -0.4 is 39.9 Å². The van der Waals surface area contributed by atoms with Crippen molar-refractivity contribution in [3.8, 4) is 0 Å². The van der Waals surface area contributed by atoms with Crippen molar-refractivity contribution in [2.45, 2.75) is 0 Å². The molecule has 0 aromatic heterocycles.